The molecule has 80 valence electrons. The molecule has 15 heavy (non-hydrogen) atoms. The van der Waals surface area contributed by atoms with Crippen LogP contribution >= 0.6 is 0 Å². The van der Waals surface area contributed by atoms with Crippen molar-refractivity contribution in [2.24, 2.45) is 0 Å². The summed E-state index contributed by atoms with van der Waals surface area (Å²) in [6.07, 6.45) is 1.05. The average Bonchev–Trinajstić information content (AvgIpc) is 2.94. The molecular weight excluding hydrogens is 196 g/mol. The van der Waals surface area contributed by atoms with E-state index in [0.29, 0.717) is 24.2 Å². The first-order valence-corrected chi connectivity index (χ1v) is 4.76. The van der Waals surface area contributed by atoms with Crippen molar-refractivity contribution in [3.8, 4) is 11.5 Å². The van der Waals surface area contributed by atoms with Gasteiger partial charge < -0.3 is 14.9 Å². The molecule has 1 aliphatic rings. The summed E-state index contributed by atoms with van der Waals surface area (Å²) in [5, 5.41) is 18.4. The van der Waals surface area contributed by atoms with Crippen LogP contribution in [-0.2, 0) is 4.79 Å². The standard InChI is InChI=1S/C11H12O4/c1-7-8(12)3-2-4-9(7)15-11(5-6-11)10(13)14/h2-4,12H,5-6H2,1H3,(H,13,14). The maximum absolute atomic E-state index is 10.9. The molecule has 0 amide bonds. The topological polar surface area (TPSA) is 66.8 Å². The van der Waals surface area contributed by atoms with E-state index in [4.69, 9.17) is 9.84 Å². The summed E-state index contributed by atoms with van der Waals surface area (Å²) in [6.45, 7) is 1.70. The highest BCUT2D eigenvalue weighted by Gasteiger charge is 2.53. The fraction of sp³-hybridized carbons (Fsp3) is 0.364. The number of benzene rings is 1. The first-order chi connectivity index (χ1) is 7.05. The predicted octanol–water partition coefficient (Wildman–Crippen LogP) is 1.70. The highest BCUT2D eigenvalue weighted by atomic mass is 16.5. The molecule has 0 saturated heterocycles. The van der Waals surface area contributed by atoms with Crippen LogP contribution in [0.2, 0.25) is 0 Å². The van der Waals surface area contributed by atoms with Gasteiger partial charge in [0.2, 0.25) is 5.60 Å². The lowest BCUT2D eigenvalue weighted by Crippen LogP contribution is -2.29. The number of hydrogen-bond acceptors (Lipinski definition) is 3. The van der Waals surface area contributed by atoms with Crippen molar-refractivity contribution in [2.45, 2.75) is 25.4 Å². The van der Waals surface area contributed by atoms with Crippen molar-refractivity contribution in [1.82, 2.24) is 0 Å². The van der Waals surface area contributed by atoms with Crippen molar-refractivity contribution in [1.29, 1.82) is 0 Å². The number of aliphatic carboxylic acids is 1. The maximum atomic E-state index is 10.9. The summed E-state index contributed by atoms with van der Waals surface area (Å²) < 4.78 is 5.43. The zero-order chi connectivity index (χ0) is 11.1. The van der Waals surface area contributed by atoms with Crippen LogP contribution in [0.5, 0.6) is 11.5 Å². The van der Waals surface area contributed by atoms with E-state index in [-0.39, 0.29) is 5.75 Å². The van der Waals surface area contributed by atoms with E-state index in [0.717, 1.165) is 0 Å². The molecule has 1 aromatic carbocycles. The zero-order valence-corrected chi connectivity index (χ0v) is 8.36. The number of hydrogen-bond donors (Lipinski definition) is 2. The SMILES string of the molecule is Cc1c(O)cccc1OC1(C(=O)O)CC1. The zero-order valence-electron chi connectivity index (χ0n) is 8.36. The van der Waals surface area contributed by atoms with Crippen LogP contribution in [0.3, 0.4) is 0 Å². The fourth-order valence-electron chi connectivity index (χ4n) is 1.40. The molecular formula is C11H12O4. The Bertz CT molecular complexity index is 407. The molecule has 1 saturated carbocycles. The Labute approximate surface area is 87.1 Å². The van der Waals surface area contributed by atoms with Gasteiger partial charge in [-0.15, -0.1) is 0 Å². The van der Waals surface area contributed by atoms with Crippen molar-refractivity contribution >= 4 is 5.97 Å². The number of carboxylic acid groups (broad SMARTS) is 1. The normalized spacial score (nSPS) is 17.1. The summed E-state index contributed by atoms with van der Waals surface area (Å²) in [5.41, 5.74) is -0.483. The van der Waals surface area contributed by atoms with E-state index in [1.165, 1.54) is 0 Å². The molecule has 4 heteroatoms. The predicted molar refractivity (Wildman–Crippen MR) is 53.1 cm³/mol. The van der Waals surface area contributed by atoms with Gasteiger partial charge in [0.1, 0.15) is 11.5 Å². The van der Waals surface area contributed by atoms with E-state index in [2.05, 4.69) is 0 Å². The Hall–Kier alpha value is -1.71. The van der Waals surface area contributed by atoms with Crippen molar-refractivity contribution in [3.63, 3.8) is 0 Å². The number of ether oxygens (including phenoxy) is 1. The monoisotopic (exact) mass is 208 g/mol. The van der Waals surface area contributed by atoms with Gasteiger partial charge in [-0.1, -0.05) is 6.07 Å². The molecule has 0 spiro atoms. The van der Waals surface area contributed by atoms with Crippen LogP contribution in [0.4, 0.5) is 0 Å². The smallest absolute Gasteiger partial charge is 0.348 e. The van der Waals surface area contributed by atoms with Crippen molar-refractivity contribution in [3.05, 3.63) is 23.8 Å². The van der Waals surface area contributed by atoms with Gasteiger partial charge in [0.25, 0.3) is 0 Å². The molecule has 0 aliphatic heterocycles. The molecule has 0 atom stereocenters. The second-order valence-electron chi connectivity index (χ2n) is 3.80. The second kappa shape index (κ2) is 3.15. The van der Waals surface area contributed by atoms with Crippen molar-refractivity contribution < 1.29 is 19.7 Å². The van der Waals surface area contributed by atoms with Crippen LogP contribution in [0.1, 0.15) is 18.4 Å². The van der Waals surface area contributed by atoms with Gasteiger partial charge in [0.15, 0.2) is 0 Å². The Morgan fingerprint density at radius 3 is 2.67 bits per heavy atom. The van der Waals surface area contributed by atoms with Gasteiger partial charge in [-0.05, 0) is 19.1 Å². The van der Waals surface area contributed by atoms with E-state index in [9.17, 15) is 9.90 Å². The molecule has 1 fully saturated rings. The number of carboxylic acids is 1. The first-order valence-electron chi connectivity index (χ1n) is 4.76. The summed E-state index contributed by atoms with van der Waals surface area (Å²) >= 11 is 0. The van der Waals surface area contributed by atoms with E-state index in [1.807, 2.05) is 0 Å². The second-order valence-corrected chi connectivity index (χ2v) is 3.80. The molecule has 0 radical (unpaired) electrons. The van der Waals surface area contributed by atoms with E-state index < -0.39 is 11.6 Å². The molecule has 1 aliphatic carbocycles. The minimum Gasteiger partial charge on any atom is -0.508 e. The lowest BCUT2D eigenvalue weighted by Gasteiger charge is -2.15. The fourth-order valence-corrected chi connectivity index (χ4v) is 1.40. The quantitative estimate of drug-likeness (QED) is 0.793. The number of phenols is 1. The van der Waals surface area contributed by atoms with Gasteiger partial charge in [0, 0.05) is 18.4 Å². The number of rotatable bonds is 3. The molecule has 0 aromatic heterocycles. The average molecular weight is 208 g/mol. The van der Waals surface area contributed by atoms with E-state index >= 15 is 0 Å². The third-order valence-corrected chi connectivity index (χ3v) is 2.65. The molecule has 4 nitrogen and oxygen atoms in total. The Balaban J connectivity index is 2.25. The van der Waals surface area contributed by atoms with Gasteiger partial charge in [-0.2, -0.15) is 0 Å². The van der Waals surface area contributed by atoms with Crippen LogP contribution < -0.4 is 4.74 Å². The van der Waals surface area contributed by atoms with Crippen LogP contribution in [-0.4, -0.2) is 21.8 Å². The Morgan fingerprint density at radius 1 is 1.47 bits per heavy atom. The largest absolute Gasteiger partial charge is 0.508 e. The number of phenolic OH excluding ortho intramolecular Hbond substituents is 1. The minimum atomic E-state index is -1.06. The van der Waals surface area contributed by atoms with Crippen LogP contribution in [0.25, 0.3) is 0 Å². The molecule has 0 unspecified atom stereocenters. The summed E-state index contributed by atoms with van der Waals surface area (Å²) in [5.74, 6) is -0.381. The van der Waals surface area contributed by atoms with Gasteiger partial charge in [-0.25, -0.2) is 4.79 Å². The minimum absolute atomic E-state index is 0.119. The number of carbonyl (C=O) groups is 1. The van der Waals surface area contributed by atoms with E-state index in [1.54, 1.807) is 25.1 Å². The summed E-state index contributed by atoms with van der Waals surface area (Å²) in [6, 6.07) is 4.84. The molecule has 1 aromatic rings. The molecule has 0 heterocycles. The Morgan fingerprint density at radius 2 is 2.13 bits per heavy atom. The summed E-state index contributed by atoms with van der Waals surface area (Å²) in [7, 11) is 0. The third kappa shape index (κ3) is 1.63. The van der Waals surface area contributed by atoms with Crippen molar-refractivity contribution in [2.75, 3.05) is 0 Å². The highest BCUT2D eigenvalue weighted by Crippen LogP contribution is 2.42. The Kier molecular flexibility index (Phi) is 2.07. The molecule has 0 bridgehead atoms. The first kappa shape index (κ1) is 9.83. The van der Waals surface area contributed by atoms with Gasteiger partial charge in [-0.3, -0.25) is 0 Å². The summed E-state index contributed by atoms with van der Waals surface area (Å²) in [4.78, 5) is 10.9. The molecule has 2 rings (SSSR count). The molecule has 2 N–H and O–H groups in total. The van der Waals surface area contributed by atoms with Gasteiger partial charge >= 0.3 is 5.97 Å². The lowest BCUT2D eigenvalue weighted by atomic mass is 10.2. The van der Waals surface area contributed by atoms with Gasteiger partial charge in [0.05, 0.1) is 0 Å². The number of aromatic hydroxyl groups is 1. The highest BCUT2D eigenvalue weighted by molar-refractivity contribution is 5.81. The third-order valence-electron chi connectivity index (χ3n) is 2.65. The lowest BCUT2D eigenvalue weighted by molar-refractivity contribution is -0.147. The van der Waals surface area contributed by atoms with Crippen LogP contribution in [0, 0.1) is 6.92 Å². The maximum Gasteiger partial charge on any atom is 0.348 e. The van der Waals surface area contributed by atoms with Crippen LogP contribution in [0.15, 0.2) is 18.2 Å².